The van der Waals surface area contributed by atoms with Crippen LogP contribution in [0, 0.1) is 13.8 Å². The molecule has 0 saturated heterocycles. The second-order valence-electron chi connectivity index (χ2n) is 4.96. The highest BCUT2D eigenvalue weighted by Crippen LogP contribution is 2.19. The predicted molar refractivity (Wildman–Crippen MR) is 84.6 cm³/mol. The van der Waals surface area contributed by atoms with E-state index >= 15 is 0 Å². The summed E-state index contributed by atoms with van der Waals surface area (Å²) >= 11 is 0. The molecule has 0 bridgehead atoms. The molecule has 2 aromatic carbocycles. The van der Waals surface area contributed by atoms with Crippen LogP contribution >= 0.6 is 0 Å². The van der Waals surface area contributed by atoms with Crippen molar-refractivity contribution in [2.24, 2.45) is 0 Å². The van der Waals surface area contributed by atoms with E-state index in [4.69, 9.17) is 10.5 Å². The summed E-state index contributed by atoms with van der Waals surface area (Å²) in [5.41, 5.74) is 9.18. The van der Waals surface area contributed by atoms with E-state index < -0.39 is 0 Å². The van der Waals surface area contributed by atoms with Crippen LogP contribution in [0.3, 0.4) is 0 Å². The summed E-state index contributed by atoms with van der Waals surface area (Å²) in [5.74, 6) is 0.551. The van der Waals surface area contributed by atoms with Crippen LogP contribution in [0.5, 0.6) is 5.75 Å². The van der Waals surface area contributed by atoms with Crippen LogP contribution in [-0.4, -0.2) is 19.1 Å². The normalized spacial score (nSPS) is 10.2. The number of hydrogen-bond donors (Lipinski definition) is 2. The maximum absolute atomic E-state index is 12.1. The number of nitrogen functional groups attached to an aromatic ring is 1. The number of rotatable bonds is 5. The molecule has 2 aromatic rings. The van der Waals surface area contributed by atoms with Crippen LogP contribution in [0.4, 0.5) is 5.69 Å². The fourth-order valence-electron chi connectivity index (χ4n) is 2.10. The third kappa shape index (κ3) is 3.99. The van der Waals surface area contributed by atoms with Crippen molar-refractivity contribution >= 4 is 11.6 Å². The Morgan fingerprint density at radius 3 is 2.67 bits per heavy atom. The lowest BCUT2D eigenvalue weighted by molar-refractivity contribution is 0.0946. The Kier molecular flexibility index (Phi) is 4.82. The van der Waals surface area contributed by atoms with E-state index in [1.807, 2.05) is 44.2 Å². The van der Waals surface area contributed by atoms with Gasteiger partial charge in [-0.2, -0.15) is 0 Å². The van der Waals surface area contributed by atoms with Crippen molar-refractivity contribution in [3.8, 4) is 5.75 Å². The quantitative estimate of drug-likeness (QED) is 0.655. The summed E-state index contributed by atoms with van der Waals surface area (Å²) in [5, 5.41) is 2.84. The molecule has 2 rings (SSSR count). The number of nitrogens with one attached hydrogen (secondary N) is 1. The highest BCUT2D eigenvalue weighted by Gasteiger charge is 2.08. The van der Waals surface area contributed by atoms with Gasteiger partial charge in [-0.05, 0) is 37.6 Å². The highest BCUT2D eigenvalue weighted by molar-refractivity contribution is 5.95. The maximum atomic E-state index is 12.1. The van der Waals surface area contributed by atoms with Gasteiger partial charge in [0.25, 0.3) is 5.91 Å². The minimum Gasteiger partial charge on any atom is -0.490 e. The first-order chi connectivity index (χ1) is 10.1. The van der Waals surface area contributed by atoms with Gasteiger partial charge in [-0.15, -0.1) is 0 Å². The van der Waals surface area contributed by atoms with E-state index in [9.17, 15) is 4.79 Å². The van der Waals surface area contributed by atoms with Crippen molar-refractivity contribution in [2.75, 3.05) is 18.9 Å². The molecule has 0 aromatic heterocycles. The van der Waals surface area contributed by atoms with Gasteiger partial charge in [-0.3, -0.25) is 4.79 Å². The number of hydrogen-bond acceptors (Lipinski definition) is 3. The van der Waals surface area contributed by atoms with Gasteiger partial charge in [0.15, 0.2) is 0 Å². The van der Waals surface area contributed by atoms with Gasteiger partial charge in [0.2, 0.25) is 0 Å². The Bertz CT molecular complexity index is 638. The Morgan fingerprint density at radius 2 is 1.95 bits per heavy atom. The van der Waals surface area contributed by atoms with E-state index in [-0.39, 0.29) is 5.91 Å². The largest absolute Gasteiger partial charge is 0.490 e. The van der Waals surface area contributed by atoms with Crippen molar-refractivity contribution in [2.45, 2.75) is 13.8 Å². The van der Waals surface area contributed by atoms with Gasteiger partial charge in [0.05, 0.1) is 12.2 Å². The zero-order valence-corrected chi connectivity index (χ0v) is 12.3. The summed E-state index contributed by atoms with van der Waals surface area (Å²) in [6.45, 7) is 4.75. The molecule has 110 valence electrons. The van der Waals surface area contributed by atoms with Crippen LogP contribution in [0.2, 0.25) is 0 Å². The van der Waals surface area contributed by atoms with E-state index in [2.05, 4.69) is 5.32 Å². The minimum absolute atomic E-state index is 0.0860. The highest BCUT2D eigenvalue weighted by atomic mass is 16.5. The van der Waals surface area contributed by atoms with Gasteiger partial charge in [0.1, 0.15) is 12.4 Å². The zero-order chi connectivity index (χ0) is 15.2. The van der Waals surface area contributed by atoms with Gasteiger partial charge < -0.3 is 15.8 Å². The Balaban J connectivity index is 1.83. The Morgan fingerprint density at radius 1 is 1.19 bits per heavy atom. The number of carbonyl (C=O) groups is 1. The SMILES string of the molecule is Cc1ccc(C(=O)NCCOc2ccccc2N)c(C)c1. The Hall–Kier alpha value is -2.49. The lowest BCUT2D eigenvalue weighted by atomic mass is 10.1. The molecule has 4 heteroatoms. The van der Waals surface area contributed by atoms with E-state index in [1.165, 1.54) is 0 Å². The molecule has 1 amide bonds. The summed E-state index contributed by atoms with van der Waals surface area (Å²) in [7, 11) is 0. The average Bonchev–Trinajstić information content (AvgIpc) is 2.45. The average molecular weight is 284 g/mol. The molecular weight excluding hydrogens is 264 g/mol. The number of para-hydroxylation sites is 2. The molecule has 0 aliphatic rings. The fraction of sp³-hybridized carbons (Fsp3) is 0.235. The summed E-state index contributed by atoms with van der Waals surface area (Å²) in [4.78, 5) is 12.1. The molecule has 4 nitrogen and oxygen atoms in total. The first-order valence-corrected chi connectivity index (χ1v) is 6.90. The molecule has 0 heterocycles. The standard InChI is InChI=1S/C17H20N2O2/c1-12-7-8-14(13(2)11-12)17(20)19-9-10-21-16-6-4-3-5-15(16)18/h3-8,11H,9-10,18H2,1-2H3,(H,19,20). The number of nitrogens with two attached hydrogens (primary N) is 1. The number of aryl methyl sites for hydroxylation is 2. The molecule has 3 N–H and O–H groups in total. The zero-order valence-electron chi connectivity index (χ0n) is 12.3. The molecule has 0 unspecified atom stereocenters. The topological polar surface area (TPSA) is 64.3 Å². The molecule has 0 fully saturated rings. The second-order valence-corrected chi connectivity index (χ2v) is 4.96. The summed E-state index contributed by atoms with van der Waals surface area (Å²) in [6.07, 6.45) is 0. The minimum atomic E-state index is -0.0860. The van der Waals surface area contributed by atoms with Crippen molar-refractivity contribution in [1.82, 2.24) is 5.32 Å². The van der Waals surface area contributed by atoms with Crippen molar-refractivity contribution in [1.29, 1.82) is 0 Å². The molecule has 0 atom stereocenters. The smallest absolute Gasteiger partial charge is 0.251 e. The lowest BCUT2D eigenvalue weighted by Gasteiger charge is -2.10. The molecule has 0 aliphatic heterocycles. The van der Waals surface area contributed by atoms with Crippen molar-refractivity contribution in [3.63, 3.8) is 0 Å². The first-order valence-electron chi connectivity index (χ1n) is 6.90. The van der Waals surface area contributed by atoms with E-state index in [0.29, 0.717) is 30.2 Å². The second kappa shape index (κ2) is 6.79. The summed E-state index contributed by atoms with van der Waals surface area (Å²) in [6, 6.07) is 13.1. The summed E-state index contributed by atoms with van der Waals surface area (Å²) < 4.78 is 5.53. The van der Waals surface area contributed by atoms with Crippen LogP contribution in [0.1, 0.15) is 21.5 Å². The first kappa shape index (κ1) is 14.9. The molecule has 0 aliphatic carbocycles. The van der Waals surface area contributed by atoms with Gasteiger partial charge in [0, 0.05) is 5.56 Å². The molecule has 0 radical (unpaired) electrons. The maximum Gasteiger partial charge on any atom is 0.251 e. The van der Waals surface area contributed by atoms with Crippen LogP contribution in [0.25, 0.3) is 0 Å². The van der Waals surface area contributed by atoms with E-state index in [0.717, 1.165) is 11.1 Å². The van der Waals surface area contributed by atoms with Crippen LogP contribution in [-0.2, 0) is 0 Å². The van der Waals surface area contributed by atoms with Crippen molar-refractivity contribution in [3.05, 3.63) is 59.2 Å². The van der Waals surface area contributed by atoms with E-state index in [1.54, 1.807) is 12.1 Å². The fourth-order valence-corrected chi connectivity index (χ4v) is 2.10. The van der Waals surface area contributed by atoms with Crippen LogP contribution < -0.4 is 15.8 Å². The number of carbonyl (C=O) groups excluding carboxylic acids is 1. The number of ether oxygens (including phenoxy) is 1. The monoisotopic (exact) mass is 284 g/mol. The number of anilines is 1. The lowest BCUT2D eigenvalue weighted by Crippen LogP contribution is -2.28. The number of amides is 1. The molecule has 0 spiro atoms. The molecular formula is C17H20N2O2. The van der Waals surface area contributed by atoms with Gasteiger partial charge in [-0.25, -0.2) is 0 Å². The van der Waals surface area contributed by atoms with Crippen LogP contribution in [0.15, 0.2) is 42.5 Å². The molecule has 0 saturated carbocycles. The molecule has 21 heavy (non-hydrogen) atoms. The Labute approximate surface area is 124 Å². The van der Waals surface area contributed by atoms with Gasteiger partial charge in [-0.1, -0.05) is 29.8 Å². The third-order valence-corrected chi connectivity index (χ3v) is 3.19. The number of benzene rings is 2. The predicted octanol–water partition coefficient (Wildman–Crippen LogP) is 2.69. The third-order valence-electron chi connectivity index (χ3n) is 3.19. The van der Waals surface area contributed by atoms with Gasteiger partial charge >= 0.3 is 0 Å². The van der Waals surface area contributed by atoms with Crippen molar-refractivity contribution < 1.29 is 9.53 Å².